The van der Waals surface area contributed by atoms with E-state index in [1.165, 1.54) is 18.7 Å². The molecule has 0 rings (SSSR count). The van der Waals surface area contributed by atoms with E-state index < -0.39 is 35.8 Å². The summed E-state index contributed by atoms with van der Waals surface area (Å²) in [4.78, 5) is 45.3. The van der Waals surface area contributed by atoms with E-state index in [0.717, 1.165) is 0 Å². The minimum absolute atomic E-state index is 0.237. The zero-order valence-electron chi connectivity index (χ0n) is 12.5. The molecule has 2 atom stereocenters. The van der Waals surface area contributed by atoms with Crippen molar-refractivity contribution in [2.75, 3.05) is 25.1 Å². The predicted molar refractivity (Wildman–Crippen MR) is 82.2 cm³/mol. The molecular weight excluding hydrogens is 312 g/mol. The molecule has 0 saturated heterocycles. The molecule has 6 N–H and O–H groups in total. The average Bonchev–Trinajstić information content (AvgIpc) is 2.48. The molecule has 0 spiro atoms. The van der Waals surface area contributed by atoms with Crippen LogP contribution in [-0.2, 0) is 19.2 Å². The number of hydrogen-bond donors (Lipinski definition) is 5. The number of carboxylic acid groups (broad SMARTS) is 1. The van der Waals surface area contributed by atoms with Crippen molar-refractivity contribution < 1.29 is 24.3 Å². The van der Waals surface area contributed by atoms with Gasteiger partial charge in [-0.3, -0.25) is 14.4 Å². The monoisotopic (exact) mass is 334 g/mol. The smallest absolute Gasteiger partial charge is 0.326 e. The summed E-state index contributed by atoms with van der Waals surface area (Å²) in [6.07, 6.45) is 2.12. The molecule has 3 amide bonds. The van der Waals surface area contributed by atoms with Crippen LogP contribution in [0.2, 0.25) is 0 Å². The van der Waals surface area contributed by atoms with Gasteiger partial charge in [0.2, 0.25) is 17.7 Å². The molecule has 0 radical (unpaired) electrons. The number of thioether (sulfide) groups is 1. The van der Waals surface area contributed by atoms with Crippen molar-refractivity contribution in [2.45, 2.75) is 25.4 Å². The first-order valence-electron chi connectivity index (χ1n) is 6.60. The number of carbonyl (C=O) groups is 4. The van der Waals surface area contributed by atoms with Gasteiger partial charge in [-0.25, -0.2) is 4.79 Å². The summed E-state index contributed by atoms with van der Waals surface area (Å²) < 4.78 is 0. The third-order valence-corrected chi connectivity index (χ3v) is 3.27. The number of carboxylic acids is 1. The highest BCUT2D eigenvalue weighted by Gasteiger charge is 2.23. The molecule has 2 unspecified atom stereocenters. The van der Waals surface area contributed by atoms with E-state index >= 15 is 0 Å². The number of carbonyl (C=O) groups excluding carboxylic acids is 3. The fourth-order valence-corrected chi connectivity index (χ4v) is 1.87. The van der Waals surface area contributed by atoms with Crippen LogP contribution in [0.15, 0.2) is 0 Å². The van der Waals surface area contributed by atoms with Gasteiger partial charge in [0.15, 0.2) is 0 Å². The molecule has 0 heterocycles. The molecule has 0 saturated carbocycles. The Morgan fingerprint density at radius 3 is 2.32 bits per heavy atom. The maximum Gasteiger partial charge on any atom is 0.326 e. The average molecular weight is 334 g/mol. The second-order valence-corrected chi connectivity index (χ2v) is 5.44. The minimum atomic E-state index is -1.13. The summed E-state index contributed by atoms with van der Waals surface area (Å²) in [5.41, 5.74) is 5.07. The van der Waals surface area contributed by atoms with E-state index in [2.05, 4.69) is 16.0 Å². The lowest BCUT2D eigenvalue weighted by molar-refractivity contribution is -0.142. The van der Waals surface area contributed by atoms with Crippen LogP contribution in [0.5, 0.6) is 0 Å². The predicted octanol–water partition coefficient (Wildman–Crippen LogP) is -2.11. The quantitative estimate of drug-likeness (QED) is 0.307. The standard InChI is InChI=1S/C12H22N4O5S/c1-7(15-10(18)6-14-9(17)5-13)11(19)16-8(12(20)21)3-4-22-2/h7-8H,3-6,13H2,1-2H3,(H,14,17)(H,15,18)(H,16,19)(H,20,21). The van der Waals surface area contributed by atoms with Gasteiger partial charge in [0.25, 0.3) is 0 Å². The first kappa shape index (κ1) is 20.2. The maximum atomic E-state index is 11.8. The molecule has 0 fully saturated rings. The van der Waals surface area contributed by atoms with Crippen LogP contribution in [0.3, 0.4) is 0 Å². The van der Waals surface area contributed by atoms with E-state index in [4.69, 9.17) is 10.8 Å². The van der Waals surface area contributed by atoms with Gasteiger partial charge < -0.3 is 26.8 Å². The molecule has 22 heavy (non-hydrogen) atoms. The lowest BCUT2D eigenvalue weighted by Crippen LogP contribution is -2.52. The van der Waals surface area contributed by atoms with Crippen molar-refractivity contribution in [3.8, 4) is 0 Å². The molecule has 0 bridgehead atoms. The number of rotatable bonds is 10. The third-order valence-electron chi connectivity index (χ3n) is 2.63. The first-order chi connectivity index (χ1) is 10.3. The Hall–Kier alpha value is -1.81. The summed E-state index contributed by atoms with van der Waals surface area (Å²) >= 11 is 1.47. The molecule has 0 aliphatic carbocycles. The van der Waals surface area contributed by atoms with Crippen molar-refractivity contribution >= 4 is 35.5 Å². The SMILES string of the molecule is CSCCC(NC(=O)C(C)NC(=O)CNC(=O)CN)C(=O)O. The van der Waals surface area contributed by atoms with Crippen molar-refractivity contribution in [1.82, 2.24) is 16.0 Å². The number of nitrogens with two attached hydrogens (primary N) is 1. The van der Waals surface area contributed by atoms with Gasteiger partial charge in [0.05, 0.1) is 13.1 Å². The van der Waals surface area contributed by atoms with Crippen LogP contribution in [-0.4, -0.2) is 66.0 Å². The number of aliphatic carboxylic acids is 1. The molecule has 9 nitrogen and oxygen atoms in total. The van der Waals surface area contributed by atoms with Crippen LogP contribution in [0, 0.1) is 0 Å². The van der Waals surface area contributed by atoms with Crippen LogP contribution < -0.4 is 21.7 Å². The molecule has 0 aromatic heterocycles. The topological polar surface area (TPSA) is 151 Å². The van der Waals surface area contributed by atoms with Gasteiger partial charge >= 0.3 is 5.97 Å². The fraction of sp³-hybridized carbons (Fsp3) is 0.667. The van der Waals surface area contributed by atoms with E-state index in [1.54, 1.807) is 0 Å². The normalized spacial score (nSPS) is 12.9. The summed E-state index contributed by atoms with van der Waals surface area (Å²) in [6, 6.07) is -1.92. The van der Waals surface area contributed by atoms with Gasteiger partial charge in [-0.05, 0) is 25.4 Å². The van der Waals surface area contributed by atoms with Crippen LogP contribution >= 0.6 is 11.8 Å². The number of nitrogens with one attached hydrogen (secondary N) is 3. The molecule has 10 heteroatoms. The Morgan fingerprint density at radius 1 is 1.18 bits per heavy atom. The van der Waals surface area contributed by atoms with Gasteiger partial charge in [-0.2, -0.15) is 11.8 Å². The van der Waals surface area contributed by atoms with Gasteiger partial charge in [0, 0.05) is 0 Å². The van der Waals surface area contributed by atoms with E-state index in [0.29, 0.717) is 5.75 Å². The zero-order chi connectivity index (χ0) is 17.1. The van der Waals surface area contributed by atoms with Gasteiger partial charge in [-0.15, -0.1) is 0 Å². The van der Waals surface area contributed by atoms with Gasteiger partial charge in [0.1, 0.15) is 12.1 Å². The molecule has 0 aliphatic heterocycles. The Balaban J connectivity index is 4.31. The largest absolute Gasteiger partial charge is 0.480 e. The molecule has 0 aromatic carbocycles. The lowest BCUT2D eigenvalue weighted by Gasteiger charge is -2.18. The summed E-state index contributed by atoms with van der Waals surface area (Å²) in [5.74, 6) is -2.21. The Morgan fingerprint density at radius 2 is 1.82 bits per heavy atom. The third kappa shape index (κ3) is 8.47. The number of amides is 3. The molecular formula is C12H22N4O5S. The summed E-state index contributed by atoms with van der Waals surface area (Å²) in [7, 11) is 0. The van der Waals surface area contributed by atoms with Crippen molar-refractivity contribution in [3.05, 3.63) is 0 Å². The number of hydrogen-bond acceptors (Lipinski definition) is 6. The zero-order valence-corrected chi connectivity index (χ0v) is 13.4. The second-order valence-electron chi connectivity index (χ2n) is 4.45. The van der Waals surface area contributed by atoms with Crippen LogP contribution in [0.1, 0.15) is 13.3 Å². The second kappa shape index (κ2) is 10.9. The Kier molecular flexibility index (Phi) is 9.96. The van der Waals surface area contributed by atoms with E-state index in [1.807, 2.05) is 6.26 Å². The van der Waals surface area contributed by atoms with E-state index in [9.17, 15) is 19.2 Å². The maximum absolute atomic E-state index is 11.8. The van der Waals surface area contributed by atoms with Crippen molar-refractivity contribution in [1.29, 1.82) is 0 Å². The van der Waals surface area contributed by atoms with Crippen LogP contribution in [0.25, 0.3) is 0 Å². The summed E-state index contributed by atoms with van der Waals surface area (Å²) in [5, 5.41) is 16.0. The minimum Gasteiger partial charge on any atom is -0.480 e. The highest BCUT2D eigenvalue weighted by Crippen LogP contribution is 2.01. The Labute approximate surface area is 132 Å². The molecule has 0 aliphatic rings. The van der Waals surface area contributed by atoms with Crippen molar-refractivity contribution in [3.63, 3.8) is 0 Å². The highest BCUT2D eigenvalue weighted by atomic mass is 32.2. The van der Waals surface area contributed by atoms with Gasteiger partial charge in [-0.1, -0.05) is 0 Å². The Bertz CT molecular complexity index is 418. The van der Waals surface area contributed by atoms with E-state index in [-0.39, 0.29) is 19.5 Å². The summed E-state index contributed by atoms with van der Waals surface area (Å²) in [6.45, 7) is 0.882. The lowest BCUT2D eigenvalue weighted by atomic mass is 10.2. The van der Waals surface area contributed by atoms with Crippen LogP contribution in [0.4, 0.5) is 0 Å². The highest BCUT2D eigenvalue weighted by molar-refractivity contribution is 7.98. The molecule has 126 valence electrons. The fourth-order valence-electron chi connectivity index (χ4n) is 1.40. The first-order valence-corrected chi connectivity index (χ1v) is 7.99. The molecule has 0 aromatic rings. The van der Waals surface area contributed by atoms with Crippen molar-refractivity contribution in [2.24, 2.45) is 5.73 Å².